The summed E-state index contributed by atoms with van der Waals surface area (Å²) in [6.45, 7) is 1.33. The number of benzene rings is 2. The lowest BCUT2D eigenvalue weighted by molar-refractivity contribution is -0.152. The highest BCUT2D eigenvalue weighted by Gasteiger charge is 2.37. The molecule has 0 aliphatic carbocycles. The molecule has 0 radical (unpaired) electrons. The van der Waals surface area contributed by atoms with E-state index < -0.39 is 30.2 Å². The van der Waals surface area contributed by atoms with Gasteiger partial charge in [-0.25, -0.2) is 4.39 Å². The van der Waals surface area contributed by atoms with Gasteiger partial charge in [0, 0.05) is 18.0 Å². The van der Waals surface area contributed by atoms with E-state index in [1.54, 1.807) is 31.2 Å². The van der Waals surface area contributed by atoms with Gasteiger partial charge in [-0.05, 0) is 36.8 Å². The predicted molar refractivity (Wildman–Crippen MR) is 106 cm³/mol. The number of ether oxygens (including phenoxy) is 1. The molecule has 2 amide bonds. The van der Waals surface area contributed by atoms with Gasteiger partial charge in [-0.3, -0.25) is 14.4 Å². The van der Waals surface area contributed by atoms with Crippen molar-refractivity contribution in [2.45, 2.75) is 19.4 Å². The van der Waals surface area contributed by atoms with Crippen LogP contribution in [-0.4, -0.2) is 30.9 Å². The van der Waals surface area contributed by atoms with Gasteiger partial charge in [0.15, 0.2) is 6.61 Å². The van der Waals surface area contributed by atoms with E-state index in [9.17, 15) is 18.8 Å². The van der Waals surface area contributed by atoms with Gasteiger partial charge in [-0.2, -0.15) is 0 Å². The summed E-state index contributed by atoms with van der Waals surface area (Å²) in [4.78, 5) is 37.7. The van der Waals surface area contributed by atoms with Crippen LogP contribution in [0.25, 0.3) is 0 Å². The number of para-hydroxylation sites is 1. The number of rotatable bonds is 6. The Morgan fingerprint density at radius 2 is 2.03 bits per heavy atom. The molecule has 2 atom stereocenters. The number of nitrogens with one attached hydrogen (secondary N) is 1. The largest absolute Gasteiger partial charge is 0.455 e. The van der Waals surface area contributed by atoms with E-state index >= 15 is 0 Å². The summed E-state index contributed by atoms with van der Waals surface area (Å²) in [5.74, 6) is -2.79. The van der Waals surface area contributed by atoms with E-state index in [1.165, 1.54) is 23.1 Å². The molecule has 0 unspecified atom stereocenters. The Balaban J connectivity index is 1.51. The molecule has 1 N–H and O–H groups in total. The Bertz CT molecular complexity index is 936. The summed E-state index contributed by atoms with van der Waals surface area (Å²) >= 11 is 5.94. The van der Waals surface area contributed by atoms with Crippen molar-refractivity contribution in [2.24, 2.45) is 5.92 Å². The summed E-state index contributed by atoms with van der Waals surface area (Å²) in [6, 6.07) is 12.6. The molecule has 2 aromatic carbocycles. The molecule has 0 aromatic heterocycles. The van der Waals surface area contributed by atoms with Gasteiger partial charge in [0.05, 0.1) is 17.6 Å². The number of nitrogens with zero attached hydrogens (tertiary/aromatic N) is 1. The van der Waals surface area contributed by atoms with Crippen LogP contribution in [-0.2, 0) is 19.1 Å². The molecule has 8 heteroatoms. The fraction of sp³-hybridized carbons (Fsp3) is 0.286. The number of anilines is 1. The van der Waals surface area contributed by atoms with Gasteiger partial charge < -0.3 is 15.0 Å². The normalized spacial score (nSPS) is 17.1. The van der Waals surface area contributed by atoms with Gasteiger partial charge in [-0.15, -0.1) is 0 Å². The number of carbonyl (C=O) groups is 3. The maximum Gasteiger partial charge on any atom is 0.311 e. The third-order valence-electron chi connectivity index (χ3n) is 4.67. The number of carbonyl (C=O) groups excluding carboxylic acids is 3. The Hall–Kier alpha value is -2.93. The Morgan fingerprint density at radius 3 is 2.76 bits per heavy atom. The second kappa shape index (κ2) is 9.05. The molecule has 6 nitrogen and oxygen atoms in total. The predicted octanol–water partition coefficient (Wildman–Crippen LogP) is 3.25. The van der Waals surface area contributed by atoms with E-state index in [0.29, 0.717) is 5.02 Å². The molecule has 1 fully saturated rings. The van der Waals surface area contributed by atoms with Crippen LogP contribution in [0.2, 0.25) is 5.02 Å². The molecule has 1 aliphatic rings. The lowest BCUT2D eigenvalue weighted by atomic mass is 10.1. The maximum absolute atomic E-state index is 13.9. The first-order valence-corrected chi connectivity index (χ1v) is 9.49. The van der Waals surface area contributed by atoms with Crippen LogP contribution in [0, 0.1) is 11.7 Å². The van der Waals surface area contributed by atoms with Crippen molar-refractivity contribution in [3.8, 4) is 0 Å². The molecule has 2 aromatic rings. The van der Waals surface area contributed by atoms with Crippen LogP contribution < -0.4 is 10.2 Å². The summed E-state index contributed by atoms with van der Waals surface area (Å²) in [6.07, 6.45) is -0.0896. The summed E-state index contributed by atoms with van der Waals surface area (Å²) in [7, 11) is 0. The molecule has 3 rings (SSSR count). The lowest BCUT2D eigenvalue weighted by Crippen LogP contribution is -2.33. The van der Waals surface area contributed by atoms with E-state index in [-0.39, 0.29) is 30.6 Å². The van der Waals surface area contributed by atoms with E-state index in [1.807, 2.05) is 6.07 Å². The molecule has 1 heterocycles. The highest BCUT2D eigenvalue weighted by atomic mass is 35.5. The third kappa shape index (κ3) is 5.12. The van der Waals surface area contributed by atoms with Crippen molar-refractivity contribution in [3.63, 3.8) is 0 Å². The van der Waals surface area contributed by atoms with E-state index in [4.69, 9.17) is 16.3 Å². The quantitative estimate of drug-likeness (QED) is 0.731. The number of esters is 1. The Labute approximate surface area is 172 Å². The topological polar surface area (TPSA) is 75.7 Å². The van der Waals surface area contributed by atoms with Gasteiger partial charge in [0.25, 0.3) is 5.91 Å². The van der Waals surface area contributed by atoms with Gasteiger partial charge in [-0.1, -0.05) is 35.9 Å². The molecule has 0 saturated carbocycles. The van der Waals surface area contributed by atoms with Crippen molar-refractivity contribution in [1.82, 2.24) is 5.32 Å². The lowest BCUT2D eigenvalue weighted by Gasteiger charge is -2.17. The maximum atomic E-state index is 13.9. The minimum absolute atomic E-state index is 0.0130. The Morgan fingerprint density at radius 1 is 1.28 bits per heavy atom. The van der Waals surface area contributed by atoms with Crippen LogP contribution in [0.5, 0.6) is 0 Å². The highest BCUT2D eigenvalue weighted by molar-refractivity contribution is 6.30. The van der Waals surface area contributed by atoms with Gasteiger partial charge in [0.2, 0.25) is 5.91 Å². The molecule has 0 bridgehead atoms. The molecule has 1 saturated heterocycles. The highest BCUT2D eigenvalue weighted by Crippen LogP contribution is 2.27. The number of hydrogen-bond donors (Lipinski definition) is 1. The summed E-state index contributed by atoms with van der Waals surface area (Å²) < 4.78 is 19.0. The second-order valence-electron chi connectivity index (χ2n) is 6.81. The zero-order chi connectivity index (χ0) is 21.0. The fourth-order valence-electron chi connectivity index (χ4n) is 3.17. The van der Waals surface area contributed by atoms with Gasteiger partial charge >= 0.3 is 5.97 Å². The van der Waals surface area contributed by atoms with Crippen molar-refractivity contribution in [1.29, 1.82) is 0 Å². The number of amides is 2. The first-order valence-electron chi connectivity index (χ1n) is 9.11. The first kappa shape index (κ1) is 20.8. The monoisotopic (exact) mass is 418 g/mol. The van der Waals surface area contributed by atoms with Crippen molar-refractivity contribution >= 4 is 35.1 Å². The van der Waals surface area contributed by atoms with Gasteiger partial charge in [0.1, 0.15) is 5.82 Å². The fourth-order valence-corrected chi connectivity index (χ4v) is 3.36. The summed E-state index contributed by atoms with van der Waals surface area (Å²) in [5.41, 5.74) is 0.944. The minimum Gasteiger partial charge on any atom is -0.455 e. The molecule has 29 heavy (non-hydrogen) atoms. The molecule has 152 valence electrons. The number of halogens is 2. The molecular weight excluding hydrogens is 399 g/mol. The average Bonchev–Trinajstić information content (AvgIpc) is 3.08. The summed E-state index contributed by atoms with van der Waals surface area (Å²) in [5, 5.41) is 3.27. The van der Waals surface area contributed by atoms with E-state index in [0.717, 1.165) is 5.56 Å². The van der Waals surface area contributed by atoms with Crippen LogP contribution in [0.3, 0.4) is 0 Å². The SMILES string of the molecule is C[C@@H](NC(=O)COC(=O)[C@@H]1CC(=O)N(c2ccccc2F)C1)c1cccc(Cl)c1. The van der Waals surface area contributed by atoms with Crippen LogP contribution in [0.4, 0.5) is 10.1 Å². The van der Waals surface area contributed by atoms with Crippen molar-refractivity contribution in [2.75, 3.05) is 18.1 Å². The average molecular weight is 419 g/mol. The van der Waals surface area contributed by atoms with E-state index in [2.05, 4.69) is 5.32 Å². The van der Waals surface area contributed by atoms with Crippen molar-refractivity contribution < 1.29 is 23.5 Å². The smallest absolute Gasteiger partial charge is 0.311 e. The zero-order valence-corrected chi connectivity index (χ0v) is 16.5. The molecule has 1 aliphatic heterocycles. The third-order valence-corrected chi connectivity index (χ3v) is 4.91. The van der Waals surface area contributed by atoms with Crippen LogP contribution in [0.15, 0.2) is 48.5 Å². The standard InChI is InChI=1S/C21H20ClFN2O4/c1-13(14-5-4-6-16(22)9-14)24-19(26)12-29-21(28)15-10-20(27)25(11-15)18-8-3-2-7-17(18)23/h2-9,13,15H,10-12H2,1H3,(H,24,26)/t13-,15-/m1/s1. The molecule has 0 spiro atoms. The molecular formula is C21H20ClFN2O4. The minimum atomic E-state index is -0.750. The number of hydrogen-bond acceptors (Lipinski definition) is 4. The Kier molecular flexibility index (Phi) is 6.49. The van der Waals surface area contributed by atoms with Crippen molar-refractivity contribution in [3.05, 3.63) is 64.9 Å². The van der Waals surface area contributed by atoms with Crippen LogP contribution >= 0.6 is 11.6 Å². The first-order chi connectivity index (χ1) is 13.8. The zero-order valence-electron chi connectivity index (χ0n) is 15.7. The van der Waals surface area contributed by atoms with Crippen LogP contribution in [0.1, 0.15) is 24.9 Å². The second-order valence-corrected chi connectivity index (χ2v) is 7.25.